The summed E-state index contributed by atoms with van der Waals surface area (Å²) < 4.78 is 0. The molecule has 1 aliphatic heterocycles. The molecular formula is C14H15BrN2O. The number of nitrogens with zero attached hydrogens (tertiary/aromatic N) is 1. The number of nitrogens with one attached hydrogen (secondary N) is 1. The molecule has 0 unspecified atom stereocenters. The Balaban J connectivity index is 1.94. The van der Waals surface area contributed by atoms with Gasteiger partial charge < -0.3 is 9.88 Å². The van der Waals surface area contributed by atoms with Crippen molar-refractivity contribution in [2.75, 3.05) is 11.9 Å². The third kappa shape index (κ3) is 1.94. The van der Waals surface area contributed by atoms with E-state index >= 15 is 0 Å². The lowest BCUT2D eigenvalue weighted by atomic mass is 10.0. The second-order valence-electron chi connectivity index (χ2n) is 4.63. The molecule has 4 heteroatoms. The molecule has 0 atom stereocenters. The molecule has 1 aromatic carbocycles. The second-order valence-corrected chi connectivity index (χ2v) is 5.42. The number of hydrogen-bond donors (Lipinski definition) is 1. The molecule has 1 aliphatic rings. The molecule has 0 bridgehead atoms. The second kappa shape index (κ2) is 4.76. The van der Waals surface area contributed by atoms with Crippen molar-refractivity contribution < 1.29 is 4.79 Å². The van der Waals surface area contributed by atoms with Crippen molar-refractivity contribution in [1.29, 1.82) is 0 Å². The highest BCUT2D eigenvalue weighted by Crippen LogP contribution is 2.27. The predicted octanol–water partition coefficient (Wildman–Crippen LogP) is 2.84. The van der Waals surface area contributed by atoms with E-state index in [0.717, 1.165) is 24.8 Å². The highest BCUT2D eigenvalue weighted by molar-refractivity contribution is 9.09. The number of para-hydroxylation sites is 1. The van der Waals surface area contributed by atoms with Gasteiger partial charge >= 0.3 is 0 Å². The van der Waals surface area contributed by atoms with Crippen LogP contribution >= 0.6 is 15.9 Å². The molecule has 1 aromatic heterocycles. The van der Waals surface area contributed by atoms with E-state index in [1.807, 2.05) is 11.0 Å². The number of H-pyrrole nitrogens is 1. The van der Waals surface area contributed by atoms with Gasteiger partial charge in [-0.05, 0) is 6.07 Å². The van der Waals surface area contributed by atoms with Crippen molar-refractivity contribution in [3.63, 3.8) is 0 Å². The van der Waals surface area contributed by atoms with E-state index in [2.05, 4.69) is 39.1 Å². The van der Waals surface area contributed by atoms with Crippen LogP contribution in [-0.2, 0) is 17.8 Å². The number of aromatic amines is 1. The summed E-state index contributed by atoms with van der Waals surface area (Å²) >= 11 is 3.33. The molecule has 3 rings (SSSR count). The van der Waals surface area contributed by atoms with Crippen LogP contribution in [0.1, 0.15) is 17.7 Å². The fourth-order valence-electron chi connectivity index (χ4n) is 2.62. The Kier molecular flexibility index (Phi) is 3.12. The highest BCUT2D eigenvalue weighted by atomic mass is 79.9. The summed E-state index contributed by atoms with van der Waals surface area (Å²) in [5.41, 5.74) is 3.76. The maximum atomic E-state index is 12.0. The SMILES string of the molecule is O=C(CCBr)N1CCc2[nH]c3ccccc3c2C1. The Hall–Kier alpha value is -1.29. The van der Waals surface area contributed by atoms with Crippen molar-refractivity contribution in [2.24, 2.45) is 0 Å². The summed E-state index contributed by atoms with van der Waals surface area (Å²) in [4.78, 5) is 17.4. The van der Waals surface area contributed by atoms with Gasteiger partial charge in [-0.1, -0.05) is 34.1 Å². The number of halogens is 1. The zero-order valence-electron chi connectivity index (χ0n) is 10.1. The molecule has 0 radical (unpaired) electrons. The minimum absolute atomic E-state index is 0.239. The van der Waals surface area contributed by atoms with Crippen LogP contribution < -0.4 is 0 Å². The monoisotopic (exact) mass is 306 g/mol. The largest absolute Gasteiger partial charge is 0.358 e. The van der Waals surface area contributed by atoms with Gasteiger partial charge in [0, 0.05) is 53.4 Å². The maximum Gasteiger partial charge on any atom is 0.223 e. The molecule has 94 valence electrons. The Labute approximate surface area is 114 Å². The number of rotatable bonds is 2. The fourth-order valence-corrected chi connectivity index (χ4v) is 2.96. The van der Waals surface area contributed by atoms with Gasteiger partial charge in [-0.25, -0.2) is 0 Å². The molecule has 0 spiro atoms. The molecule has 0 fully saturated rings. The molecule has 1 N–H and O–H groups in total. The van der Waals surface area contributed by atoms with Crippen molar-refractivity contribution in [2.45, 2.75) is 19.4 Å². The Bertz CT molecular complexity index is 590. The Morgan fingerprint density at radius 3 is 3.06 bits per heavy atom. The fraction of sp³-hybridized carbons (Fsp3) is 0.357. The number of alkyl halides is 1. The van der Waals surface area contributed by atoms with E-state index in [1.165, 1.54) is 22.2 Å². The Morgan fingerprint density at radius 2 is 2.22 bits per heavy atom. The summed E-state index contributed by atoms with van der Waals surface area (Å²) in [6.07, 6.45) is 1.51. The number of carbonyl (C=O) groups excluding carboxylic acids is 1. The first kappa shape index (κ1) is 11.8. The first-order chi connectivity index (χ1) is 8.79. The molecule has 2 aromatic rings. The number of hydrogen-bond acceptors (Lipinski definition) is 1. The molecule has 2 heterocycles. The normalized spacial score (nSPS) is 14.8. The van der Waals surface area contributed by atoms with Crippen LogP contribution in [0.5, 0.6) is 0 Å². The number of carbonyl (C=O) groups is 1. The van der Waals surface area contributed by atoms with Gasteiger partial charge in [-0.2, -0.15) is 0 Å². The summed E-state index contributed by atoms with van der Waals surface area (Å²) in [5.74, 6) is 0.239. The topological polar surface area (TPSA) is 36.1 Å². The lowest BCUT2D eigenvalue weighted by Crippen LogP contribution is -2.35. The first-order valence-electron chi connectivity index (χ1n) is 6.22. The Morgan fingerprint density at radius 1 is 1.39 bits per heavy atom. The molecule has 0 saturated carbocycles. The maximum absolute atomic E-state index is 12.0. The van der Waals surface area contributed by atoms with E-state index < -0.39 is 0 Å². The van der Waals surface area contributed by atoms with Crippen LogP contribution in [0.4, 0.5) is 0 Å². The van der Waals surface area contributed by atoms with Crippen LogP contribution in [0.3, 0.4) is 0 Å². The number of aromatic nitrogens is 1. The van der Waals surface area contributed by atoms with Crippen LogP contribution in [0.2, 0.25) is 0 Å². The van der Waals surface area contributed by atoms with Gasteiger partial charge in [-0.3, -0.25) is 4.79 Å². The molecule has 1 amide bonds. The van der Waals surface area contributed by atoms with Crippen LogP contribution in [-0.4, -0.2) is 27.7 Å². The van der Waals surface area contributed by atoms with Gasteiger partial charge in [-0.15, -0.1) is 0 Å². The number of fused-ring (bicyclic) bond motifs is 3. The average molecular weight is 307 g/mol. The zero-order chi connectivity index (χ0) is 12.5. The number of amides is 1. The smallest absolute Gasteiger partial charge is 0.223 e. The molecular weight excluding hydrogens is 292 g/mol. The van der Waals surface area contributed by atoms with Crippen molar-refractivity contribution in [1.82, 2.24) is 9.88 Å². The quantitative estimate of drug-likeness (QED) is 0.851. The minimum Gasteiger partial charge on any atom is -0.358 e. The molecule has 0 aliphatic carbocycles. The highest BCUT2D eigenvalue weighted by Gasteiger charge is 2.23. The molecule has 18 heavy (non-hydrogen) atoms. The molecule has 3 nitrogen and oxygen atoms in total. The van der Waals surface area contributed by atoms with E-state index in [4.69, 9.17) is 0 Å². The van der Waals surface area contributed by atoms with Crippen LogP contribution in [0.15, 0.2) is 24.3 Å². The van der Waals surface area contributed by atoms with Gasteiger partial charge in [0.05, 0.1) is 0 Å². The lowest BCUT2D eigenvalue weighted by molar-refractivity contribution is -0.131. The third-order valence-corrected chi connectivity index (χ3v) is 3.94. The van der Waals surface area contributed by atoms with E-state index in [9.17, 15) is 4.79 Å². The van der Waals surface area contributed by atoms with E-state index in [1.54, 1.807) is 0 Å². The third-order valence-electron chi connectivity index (χ3n) is 3.54. The van der Waals surface area contributed by atoms with Gasteiger partial charge in [0.1, 0.15) is 0 Å². The summed E-state index contributed by atoms with van der Waals surface area (Å²) in [7, 11) is 0. The van der Waals surface area contributed by atoms with Crippen molar-refractivity contribution >= 4 is 32.7 Å². The summed E-state index contributed by atoms with van der Waals surface area (Å²) in [5, 5.41) is 1.99. The first-order valence-corrected chi connectivity index (χ1v) is 7.34. The minimum atomic E-state index is 0.239. The van der Waals surface area contributed by atoms with Crippen molar-refractivity contribution in [3.05, 3.63) is 35.5 Å². The lowest BCUT2D eigenvalue weighted by Gasteiger charge is -2.27. The van der Waals surface area contributed by atoms with Crippen LogP contribution in [0.25, 0.3) is 10.9 Å². The van der Waals surface area contributed by atoms with E-state index in [0.29, 0.717) is 6.42 Å². The van der Waals surface area contributed by atoms with Gasteiger partial charge in [0.2, 0.25) is 5.91 Å². The van der Waals surface area contributed by atoms with Crippen molar-refractivity contribution in [3.8, 4) is 0 Å². The summed E-state index contributed by atoms with van der Waals surface area (Å²) in [6, 6.07) is 8.31. The zero-order valence-corrected chi connectivity index (χ0v) is 11.7. The summed E-state index contributed by atoms with van der Waals surface area (Å²) in [6.45, 7) is 1.57. The van der Waals surface area contributed by atoms with Gasteiger partial charge in [0.15, 0.2) is 0 Å². The van der Waals surface area contributed by atoms with E-state index in [-0.39, 0.29) is 5.91 Å². The predicted molar refractivity (Wildman–Crippen MR) is 75.8 cm³/mol. The van der Waals surface area contributed by atoms with Gasteiger partial charge in [0.25, 0.3) is 0 Å². The standard InChI is InChI=1S/C14H15BrN2O/c15-7-5-14(18)17-8-6-13-11(9-17)10-3-1-2-4-12(10)16-13/h1-4,16H,5-9H2. The average Bonchev–Trinajstić information content (AvgIpc) is 2.76. The number of benzene rings is 1. The van der Waals surface area contributed by atoms with Crippen LogP contribution in [0, 0.1) is 0 Å². The molecule has 0 saturated heterocycles.